The van der Waals surface area contributed by atoms with Gasteiger partial charge in [-0.2, -0.15) is 0 Å². The molecule has 0 unspecified atom stereocenters. The van der Waals surface area contributed by atoms with E-state index in [-0.39, 0.29) is 11.7 Å². The van der Waals surface area contributed by atoms with Crippen LogP contribution in [-0.4, -0.2) is 30.9 Å². The van der Waals surface area contributed by atoms with Gasteiger partial charge in [0, 0.05) is 28.7 Å². The number of hydrogen-bond acceptors (Lipinski definition) is 3. The zero-order chi connectivity index (χ0) is 20.3. The van der Waals surface area contributed by atoms with E-state index in [1.807, 2.05) is 6.92 Å². The Morgan fingerprint density at radius 2 is 1.79 bits per heavy atom. The monoisotopic (exact) mass is 392 g/mol. The van der Waals surface area contributed by atoms with Crippen LogP contribution in [0.2, 0.25) is 0 Å². The Labute approximate surface area is 159 Å². The number of benzene rings is 2. The minimum absolute atomic E-state index is 0.235. The molecule has 3 aromatic rings. The van der Waals surface area contributed by atoms with Gasteiger partial charge in [-0.3, -0.25) is 4.79 Å². The molecule has 8 heteroatoms. The van der Waals surface area contributed by atoms with Gasteiger partial charge >= 0.3 is 6.36 Å². The van der Waals surface area contributed by atoms with Crippen molar-refractivity contribution >= 4 is 16.8 Å². The molecule has 0 saturated heterocycles. The number of rotatable bonds is 6. The minimum Gasteiger partial charge on any atom is -0.497 e. The number of halogens is 3. The fourth-order valence-electron chi connectivity index (χ4n) is 3.03. The minimum atomic E-state index is -4.74. The summed E-state index contributed by atoms with van der Waals surface area (Å²) in [4.78, 5) is 15.4. The van der Waals surface area contributed by atoms with Crippen molar-refractivity contribution in [2.45, 2.75) is 19.7 Å². The van der Waals surface area contributed by atoms with Crippen LogP contribution in [0.5, 0.6) is 11.5 Å². The van der Waals surface area contributed by atoms with Crippen LogP contribution in [0.25, 0.3) is 10.9 Å². The number of aryl methyl sites for hydroxylation is 1. The Kier molecular flexibility index (Phi) is 5.48. The summed E-state index contributed by atoms with van der Waals surface area (Å²) in [5.74, 6) is 0.145. The molecule has 148 valence electrons. The molecule has 1 aromatic heterocycles. The zero-order valence-electron chi connectivity index (χ0n) is 15.3. The zero-order valence-corrected chi connectivity index (χ0v) is 15.3. The molecule has 0 aliphatic rings. The molecule has 0 bridgehead atoms. The van der Waals surface area contributed by atoms with E-state index >= 15 is 0 Å². The van der Waals surface area contributed by atoms with Crippen molar-refractivity contribution in [3.63, 3.8) is 0 Å². The molecule has 2 N–H and O–H groups in total. The molecule has 0 spiro atoms. The third-order valence-electron chi connectivity index (χ3n) is 4.34. The van der Waals surface area contributed by atoms with Gasteiger partial charge in [0.2, 0.25) is 0 Å². The second-order valence-corrected chi connectivity index (χ2v) is 6.22. The van der Waals surface area contributed by atoms with Crippen LogP contribution >= 0.6 is 0 Å². The highest BCUT2D eigenvalue weighted by molar-refractivity contribution is 5.94. The Bertz CT molecular complexity index is 979. The van der Waals surface area contributed by atoms with Gasteiger partial charge in [0.05, 0.1) is 7.11 Å². The van der Waals surface area contributed by atoms with Crippen LogP contribution in [0.1, 0.15) is 21.6 Å². The summed E-state index contributed by atoms with van der Waals surface area (Å²) in [5, 5.41) is 3.45. The number of methoxy groups -OCH3 is 1. The molecule has 0 fully saturated rings. The smallest absolute Gasteiger partial charge is 0.497 e. The summed E-state index contributed by atoms with van der Waals surface area (Å²) < 4.78 is 46.4. The number of fused-ring (bicyclic) bond motifs is 1. The van der Waals surface area contributed by atoms with Gasteiger partial charge < -0.3 is 19.8 Å². The lowest BCUT2D eigenvalue weighted by Crippen LogP contribution is -2.25. The summed E-state index contributed by atoms with van der Waals surface area (Å²) in [5.41, 5.74) is 2.87. The standard InChI is InChI=1S/C20H19F3N2O3/c1-12-16(9-10-24-19(26)13-3-5-14(27-2)6-4-13)17-11-15(28-20(21,22)23)7-8-18(17)25-12/h3-8,11,25H,9-10H2,1-2H3,(H,24,26). The molecule has 1 heterocycles. The largest absolute Gasteiger partial charge is 0.573 e. The van der Waals surface area contributed by atoms with E-state index < -0.39 is 6.36 Å². The van der Waals surface area contributed by atoms with E-state index in [0.717, 1.165) is 11.3 Å². The lowest BCUT2D eigenvalue weighted by Gasteiger charge is -2.09. The van der Waals surface area contributed by atoms with Gasteiger partial charge in [-0.05, 0) is 61.4 Å². The molecule has 2 aromatic carbocycles. The normalized spacial score (nSPS) is 11.5. The molecule has 0 atom stereocenters. The lowest BCUT2D eigenvalue weighted by atomic mass is 10.1. The van der Waals surface area contributed by atoms with Crippen molar-refractivity contribution in [2.24, 2.45) is 0 Å². The third-order valence-corrected chi connectivity index (χ3v) is 4.34. The van der Waals surface area contributed by atoms with E-state index in [4.69, 9.17) is 4.74 Å². The number of amides is 1. The molecule has 0 aliphatic heterocycles. The highest BCUT2D eigenvalue weighted by Gasteiger charge is 2.31. The molecule has 3 rings (SSSR count). The van der Waals surface area contributed by atoms with E-state index in [1.54, 1.807) is 37.4 Å². The van der Waals surface area contributed by atoms with Crippen LogP contribution in [0.15, 0.2) is 42.5 Å². The first-order chi connectivity index (χ1) is 13.3. The van der Waals surface area contributed by atoms with E-state index in [1.165, 1.54) is 12.1 Å². The highest BCUT2D eigenvalue weighted by Crippen LogP contribution is 2.29. The fourth-order valence-corrected chi connectivity index (χ4v) is 3.03. The van der Waals surface area contributed by atoms with Crippen molar-refractivity contribution in [1.82, 2.24) is 10.3 Å². The number of aromatic nitrogens is 1. The molecule has 0 radical (unpaired) electrons. The van der Waals surface area contributed by atoms with Gasteiger partial charge in [0.1, 0.15) is 11.5 Å². The number of nitrogens with one attached hydrogen (secondary N) is 2. The summed E-state index contributed by atoms with van der Waals surface area (Å²) in [6.07, 6.45) is -4.28. The predicted molar refractivity (Wildman–Crippen MR) is 98.7 cm³/mol. The van der Waals surface area contributed by atoms with Crippen molar-refractivity contribution < 1.29 is 27.4 Å². The number of H-pyrrole nitrogens is 1. The van der Waals surface area contributed by atoms with Crippen LogP contribution in [0, 0.1) is 6.92 Å². The Hall–Kier alpha value is -3.16. The second kappa shape index (κ2) is 7.84. The maximum absolute atomic E-state index is 12.5. The van der Waals surface area contributed by atoms with Crippen LogP contribution < -0.4 is 14.8 Å². The van der Waals surface area contributed by atoms with Crippen molar-refractivity contribution in [1.29, 1.82) is 0 Å². The first-order valence-corrected chi connectivity index (χ1v) is 8.56. The van der Waals surface area contributed by atoms with Crippen LogP contribution in [0.3, 0.4) is 0 Å². The summed E-state index contributed by atoms with van der Waals surface area (Å²) in [7, 11) is 1.55. The molecular formula is C20H19F3N2O3. The fraction of sp³-hybridized carbons (Fsp3) is 0.250. The quantitative estimate of drug-likeness (QED) is 0.655. The average molecular weight is 392 g/mol. The molecule has 0 saturated carbocycles. The number of ether oxygens (including phenoxy) is 2. The van der Waals surface area contributed by atoms with E-state index in [2.05, 4.69) is 15.0 Å². The number of hydrogen-bond donors (Lipinski definition) is 2. The van der Waals surface area contributed by atoms with Gasteiger partial charge in [-0.1, -0.05) is 0 Å². The van der Waals surface area contributed by atoms with Crippen molar-refractivity contribution in [3.05, 3.63) is 59.3 Å². The third kappa shape index (κ3) is 4.57. The van der Waals surface area contributed by atoms with Crippen molar-refractivity contribution in [3.8, 4) is 11.5 Å². The second-order valence-electron chi connectivity index (χ2n) is 6.22. The van der Waals surface area contributed by atoms with Crippen molar-refractivity contribution in [2.75, 3.05) is 13.7 Å². The summed E-state index contributed by atoms with van der Waals surface area (Å²) in [6, 6.07) is 10.9. The number of alkyl halides is 3. The number of carbonyl (C=O) groups is 1. The summed E-state index contributed by atoms with van der Waals surface area (Å²) in [6.45, 7) is 2.17. The van der Waals surface area contributed by atoms with Gasteiger partial charge in [0.15, 0.2) is 0 Å². The maximum Gasteiger partial charge on any atom is 0.573 e. The molecular weight excluding hydrogens is 373 g/mol. The average Bonchev–Trinajstić information content (AvgIpc) is 2.95. The maximum atomic E-state index is 12.5. The van der Waals surface area contributed by atoms with Crippen LogP contribution in [-0.2, 0) is 6.42 Å². The van der Waals surface area contributed by atoms with Crippen LogP contribution in [0.4, 0.5) is 13.2 Å². The molecule has 0 aliphatic carbocycles. The van der Waals surface area contributed by atoms with E-state index in [0.29, 0.717) is 35.2 Å². The van der Waals surface area contributed by atoms with Gasteiger partial charge in [-0.25, -0.2) is 0 Å². The predicted octanol–water partition coefficient (Wildman–Crippen LogP) is 4.36. The van der Waals surface area contributed by atoms with Gasteiger partial charge in [-0.15, -0.1) is 13.2 Å². The highest BCUT2D eigenvalue weighted by atomic mass is 19.4. The Morgan fingerprint density at radius 3 is 2.43 bits per heavy atom. The Morgan fingerprint density at radius 1 is 1.11 bits per heavy atom. The first kappa shape index (κ1) is 19.6. The van der Waals surface area contributed by atoms with E-state index in [9.17, 15) is 18.0 Å². The molecule has 28 heavy (non-hydrogen) atoms. The topological polar surface area (TPSA) is 63.3 Å². The molecule has 5 nitrogen and oxygen atoms in total. The first-order valence-electron chi connectivity index (χ1n) is 8.56. The van der Waals surface area contributed by atoms with Gasteiger partial charge in [0.25, 0.3) is 5.91 Å². The number of carbonyl (C=O) groups excluding carboxylic acids is 1. The SMILES string of the molecule is COc1ccc(C(=O)NCCc2c(C)[nH]c3ccc(OC(F)(F)F)cc23)cc1. The Balaban J connectivity index is 1.70. The summed E-state index contributed by atoms with van der Waals surface area (Å²) >= 11 is 0. The number of aromatic amines is 1. The lowest BCUT2D eigenvalue weighted by molar-refractivity contribution is -0.274. The molecule has 1 amide bonds.